The van der Waals surface area contributed by atoms with E-state index in [0.29, 0.717) is 6.04 Å². The van der Waals surface area contributed by atoms with Crippen molar-refractivity contribution in [3.63, 3.8) is 0 Å². The maximum Gasteiger partial charge on any atom is 0.0441 e. The minimum atomic E-state index is 0.488. The van der Waals surface area contributed by atoms with E-state index in [9.17, 15) is 0 Å². The number of allylic oxidation sites excluding steroid dienone is 2. The fraction of sp³-hybridized carbons (Fsp3) is 0.556. The Hall–Kier alpha value is -0.560. The molecule has 56 valence electrons. The summed E-state index contributed by atoms with van der Waals surface area (Å²) < 4.78 is 0. The molecule has 0 fully saturated rings. The first-order valence-corrected chi connectivity index (χ1v) is 3.87. The summed E-state index contributed by atoms with van der Waals surface area (Å²) in [6.07, 6.45) is 8.50. The highest BCUT2D eigenvalue weighted by Crippen LogP contribution is 1.99. The van der Waals surface area contributed by atoms with E-state index in [-0.39, 0.29) is 0 Å². The number of nitrogens with one attached hydrogen (secondary N) is 1. The van der Waals surface area contributed by atoms with E-state index >= 15 is 0 Å². The van der Waals surface area contributed by atoms with Gasteiger partial charge in [0.25, 0.3) is 0 Å². The average Bonchev–Trinajstić information content (AvgIpc) is 2.34. The van der Waals surface area contributed by atoms with Gasteiger partial charge in [0.15, 0.2) is 0 Å². The van der Waals surface area contributed by atoms with Gasteiger partial charge >= 0.3 is 0 Å². The van der Waals surface area contributed by atoms with Crippen LogP contribution >= 0.6 is 0 Å². The Morgan fingerprint density at radius 3 is 2.40 bits per heavy atom. The van der Waals surface area contributed by atoms with E-state index in [1.165, 1.54) is 0 Å². The Kier molecular flexibility index (Phi) is 2.69. The molecule has 0 unspecified atom stereocenters. The predicted molar refractivity (Wildman–Crippen MR) is 44.9 cm³/mol. The zero-order valence-corrected chi connectivity index (χ0v) is 6.67. The lowest BCUT2D eigenvalue weighted by Crippen LogP contribution is -2.27. The maximum atomic E-state index is 3.41. The van der Waals surface area contributed by atoms with Gasteiger partial charge in [-0.05, 0) is 12.5 Å². The second kappa shape index (κ2) is 3.57. The third-order valence-corrected chi connectivity index (χ3v) is 1.51. The second-order valence-electron chi connectivity index (χ2n) is 3.10. The summed E-state index contributed by atoms with van der Waals surface area (Å²) in [5.74, 6) is 0.738. The van der Waals surface area contributed by atoms with E-state index in [0.717, 1.165) is 12.5 Å². The molecule has 0 radical (unpaired) electrons. The molecule has 1 rings (SSSR count). The van der Waals surface area contributed by atoms with Crippen molar-refractivity contribution in [3.8, 4) is 0 Å². The Balaban J connectivity index is 2.14. The molecule has 1 heteroatoms. The monoisotopic (exact) mass is 137 g/mol. The van der Waals surface area contributed by atoms with Crippen LogP contribution in [0.1, 0.15) is 13.8 Å². The van der Waals surface area contributed by atoms with Gasteiger partial charge in [0, 0.05) is 6.04 Å². The van der Waals surface area contributed by atoms with Gasteiger partial charge in [-0.2, -0.15) is 0 Å². The first kappa shape index (κ1) is 7.55. The molecule has 0 aromatic heterocycles. The van der Waals surface area contributed by atoms with Crippen LogP contribution in [-0.4, -0.2) is 12.6 Å². The molecule has 0 heterocycles. The summed E-state index contributed by atoms with van der Waals surface area (Å²) in [7, 11) is 0. The van der Waals surface area contributed by atoms with Crippen LogP contribution in [0, 0.1) is 5.92 Å². The predicted octanol–water partition coefficient (Wildman–Crippen LogP) is 1.73. The largest absolute Gasteiger partial charge is 0.307 e. The Morgan fingerprint density at radius 2 is 1.90 bits per heavy atom. The Morgan fingerprint density at radius 1 is 1.30 bits per heavy atom. The molecule has 10 heavy (non-hydrogen) atoms. The number of rotatable bonds is 3. The van der Waals surface area contributed by atoms with Crippen molar-refractivity contribution in [2.75, 3.05) is 6.54 Å². The summed E-state index contributed by atoms with van der Waals surface area (Å²) in [5, 5.41) is 3.41. The smallest absolute Gasteiger partial charge is 0.0441 e. The van der Waals surface area contributed by atoms with Gasteiger partial charge in [-0.1, -0.05) is 38.2 Å². The second-order valence-corrected chi connectivity index (χ2v) is 3.10. The van der Waals surface area contributed by atoms with Gasteiger partial charge in [-0.25, -0.2) is 0 Å². The van der Waals surface area contributed by atoms with Crippen molar-refractivity contribution in [3.05, 3.63) is 24.3 Å². The van der Waals surface area contributed by atoms with Crippen LogP contribution in [0.2, 0.25) is 0 Å². The molecule has 0 bridgehead atoms. The lowest BCUT2D eigenvalue weighted by atomic mass is 10.2. The highest BCUT2D eigenvalue weighted by molar-refractivity contribution is 5.21. The molecular formula is C9H15N. The van der Waals surface area contributed by atoms with Crippen LogP contribution in [0.4, 0.5) is 0 Å². The third kappa shape index (κ3) is 2.36. The van der Waals surface area contributed by atoms with Gasteiger partial charge in [-0.3, -0.25) is 0 Å². The lowest BCUT2D eigenvalue weighted by molar-refractivity contribution is 0.547. The number of hydrogen-bond donors (Lipinski definition) is 1. The molecule has 0 aromatic carbocycles. The van der Waals surface area contributed by atoms with E-state index < -0.39 is 0 Å². The minimum Gasteiger partial charge on any atom is -0.307 e. The van der Waals surface area contributed by atoms with Crippen molar-refractivity contribution >= 4 is 0 Å². The van der Waals surface area contributed by atoms with Crippen molar-refractivity contribution in [1.82, 2.24) is 5.32 Å². The van der Waals surface area contributed by atoms with Crippen LogP contribution in [-0.2, 0) is 0 Å². The van der Waals surface area contributed by atoms with Gasteiger partial charge in [0.05, 0.1) is 0 Å². The van der Waals surface area contributed by atoms with Crippen LogP contribution in [0.25, 0.3) is 0 Å². The van der Waals surface area contributed by atoms with Gasteiger partial charge in [-0.15, -0.1) is 0 Å². The molecule has 0 atom stereocenters. The Labute approximate surface area is 62.8 Å². The first-order valence-electron chi connectivity index (χ1n) is 3.87. The van der Waals surface area contributed by atoms with Gasteiger partial charge in [0.2, 0.25) is 0 Å². The topological polar surface area (TPSA) is 12.0 Å². The normalized spacial score (nSPS) is 17.5. The van der Waals surface area contributed by atoms with E-state index in [1.807, 2.05) is 0 Å². The lowest BCUT2D eigenvalue weighted by Gasteiger charge is -2.10. The molecule has 1 aliphatic carbocycles. The molecule has 0 saturated carbocycles. The van der Waals surface area contributed by atoms with Crippen molar-refractivity contribution in [2.24, 2.45) is 5.92 Å². The van der Waals surface area contributed by atoms with Crippen molar-refractivity contribution in [2.45, 2.75) is 19.9 Å². The average molecular weight is 137 g/mol. The summed E-state index contributed by atoms with van der Waals surface area (Å²) >= 11 is 0. The van der Waals surface area contributed by atoms with Gasteiger partial charge in [0.1, 0.15) is 0 Å². The Bertz CT molecular complexity index is 133. The molecule has 1 N–H and O–H groups in total. The maximum absolute atomic E-state index is 3.41. The van der Waals surface area contributed by atoms with Crippen LogP contribution < -0.4 is 5.32 Å². The minimum absolute atomic E-state index is 0.488. The highest BCUT2D eigenvalue weighted by atomic mass is 14.9. The van der Waals surface area contributed by atoms with Crippen LogP contribution in [0.5, 0.6) is 0 Å². The summed E-state index contributed by atoms with van der Waals surface area (Å²) in [6, 6.07) is 0.488. The highest BCUT2D eigenvalue weighted by Gasteiger charge is 2.01. The third-order valence-electron chi connectivity index (χ3n) is 1.51. The van der Waals surface area contributed by atoms with E-state index in [1.54, 1.807) is 0 Å². The van der Waals surface area contributed by atoms with Gasteiger partial charge < -0.3 is 5.32 Å². The first-order chi connectivity index (χ1) is 4.79. The molecule has 0 spiro atoms. The molecule has 0 aliphatic heterocycles. The fourth-order valence-electron chi connectivity index (χ4n) is 0.940. The summed E-state index contributed by atoms with van der Waals surface area (Å²) in [6.45, 7) is 5.53. The SMILES string of the molecule is CC(C)CNC1C=CC=C1. The van der Waals surface area contributed by atoms with Crippen molar-refractivity contribution in [1.29, 1.82) is 0 Å². The molecule has 1 aliphatic rings. The zero-order valence-electron chi connectivity index (χ0n) is 6.67. The van der Waals surface area contributed by atoms with Crippen LogP contribution in [0.3, 0.4) is 0 Å². The van der Waals surface area contributed by atoms with E-state index in [4.69, 9.17) is 0 Å². The molecule has 0 amide bonds. The van der Waals surface area contributed by atoms with E-state index in [2.05, 4.69) is 43.5 Å². The summed E-state index contributed by atoms with van der Waals surface area (Å²) in [5.41, 5.74) is 0. The molecule has 1 nitrogen and oxygen atoms in total. The zero-order chi connectivity index (χ0) is 7.40. The quantitative estimate of drug-likeness (QED) is 0.624. The van der Waals surface area contributed by atoms with Crippen LogP contribution in [0.15, 0.2) is 24.3 Å². The molecule has 0 aromatic rings. The number of hydrogen-bond acceptors (Lipinski definition) is 1. The summed E-state index contributed by atoms with van der Waals surface area (Å²) in [4.78, 5) is 0. The molecular weight excluding hydrogens is 122 g/mol. The molecule has 0 saturated heterocycles. The van der Waals surface area contributed by atoms with Crippen molar-refractivity contribution < 1.29 is 0 Å². The standard InChI is InChI=1S/C9H15N/c1-8(2)7-10-9-5-3-4-6-9/h3-6,8-10H,7H2,1-2H3. The fourth-order valence-corrected chi connectivity index (χ4v) is 0.940.